The SMILES string of the molecule is Cc1cccc(N(CC(=O)N[C@@H](C)C(C)C)S(C)(=O)=O)c1. The van der Waals surface area contributed by atoms with Crippen LogP contribution >= 0.6 is 0 Å². The highest BCUT2D eigenvalue weighted by Gasteiger charge is 2.22. The fourth-order valence-electron chi connectivity index (χ4n) is 1.78. The molecular weight excluding hydrogens is 288 g/mol. The van der Waals surface area contributed by atoms with Gasteiger partial charge in [-0.15, -0.1) is 0 Å². The second kappa shape index (κ2) is 6.93. The minimum Gasteiger partial charge on any atom is -0.352 e. The van der Waals surface area contributed by atoms with Gasteiger partial charge in [0, 0.05) is 6.04 Å². The molecule has 6 heteroatoms. The maximum absolute atomic E-state index is 12.1. The van der Waals surface area contributed by atoms with Gasteiger partial charge in [-0.3, -0.25) is 9.10 Å². The van der Waals surface area contributed by atoms with Gasteiger partial charge >= 0.3 is 0 Å². The summed E-state index contributed by atoms with van der Waals surface area (Å²) in [5.74, 6) is -0.0114. The summed E-state index contributed by atoms with van der Waals surface area (Å²) >= 11 is 0. The number of sulfonamides is 1. The minimum absolute atomic E-state index is 0.00332. The summed E-state index contributed by atoms with van der Waals surface area (Å²) in [6.45, 7) is 7.57. The minimum atomic E-state index is -3.51. The zero-order valence-corrected chi connectivity index (χ0v) is 14.1. The molecule has 5 nitrogen and oxygen atoms in total. The number of nitrogens with zero attached hydrogens (tertiary/aromatic N) is 1. The number of amides is 1. The molecule has 0 spiro atoms. The molecule has 0 radical (unpaired) electrons. The summed E-state index contributed by atoms with van der Waals surface area (Å²) in [5.41, 5.74) is 1.45. The van der Waals surface area contributed by atoms with Crippen molar-refractivity contribution in [2.45, 2.75) is 33.7 Å². The first-order chi connectivity index (χ1) is 9.61. The van der Waals surface area contributed by atoms with E-state index in [-0.39, 0.29) is 18.5 Å². The molecule has 0 saturated carbocycles. The van der Waals surface area contributed by atoms with Crippen LogP contribution in [-0.4, -0.2) is 33.2 Å². The second-order valence-corrected chi connectivity index (χ2v) is 7.62. The fourth-order valence-corrected chi connectivity index (χ4v) is 2.63. The number of hydrogen-bond donors (Lipinski definition) is 1. The van der Waals surface area contributed by atoms with E-state index in [1.165, 1.54) is 0 Å². The molecule has 1 atom stereocenters. The topological polar surface area (TPSA) is 66.5 Å². The Morgan fingerprint density at radius 3 is 2.38 bits per heavy atom. The summed E-state index contributed by atoms with van der Waals surface area (Å²) in [5, 5.41) is 2.82. The number of carbonyl (C=O) groups is 1. The Morgan fingerprint density at radius 1 is 1.29 bits per heavy atom. The molecule has 1 rings (SSSR count). The van der Waals surface area contributed by atoms with E-state index in [1.54, 1.807) is 18.2 Å². The Morgan fingerprint density at radius 2 is 1.90 bits per heavy atom. The van der Waals surface area contributed by atoms with Gasteiger partial charge in [-0.05, 0) is 37.5 Å². The van der Waals surface area contributed by atoms with Crippen molar-refractivity contribution in [1.82, 2.24) is 5.32 Å². The number of anilines is 1. The highest BCUT2D eigenvalue weighted by molar-refractivity contribution is 7.92. The van der Waals surface area contributed by atoms with E-state index in [2.05, 4.69) is 5.32 Å². The number of hydrogen-bond acceptors (Lipinski definition) is 3. The van der Waals surface area contributed by atoms with E-state index in [4.69, 9.17) is 0 Å². The largest absolute Gasteiger partial charge is 0.352 e. The smallest absolute Gasteiger partial charge is 0.240 e. The first-order valence-corrected chi connectivity index (χ1v) is 8.80. The Bertz CT molecular complexity index is 597. The van der Waals surface area contributed by atoms with Gasteiger partial charge in [0.2, 0.25) is 15.9 Å². The van der Waals surface area contributed by atoms with Crippen LogP contribution in [0.25, 0.3) is 0 Å². The summed E-state index contributed by atoms with van der Waals surface area (Å²) in [6.07, 6.45) is 1.11. The summed E-state index contributed by atoms with van der Waals surface area (Å²) < 4.78 is 25.0. The molecule has 1 aromatic rings. The lowest BCUT2D eigenvalue weighted by Gasteiger charge is -2.24. The third-order valence-electron chi connectivity index (χ3n) is 3.37. The van der Waals surface area contributed by atoms with E-state index >= 15 is 0 Å². The van der Waals surface area contributed by atoms with Crippen LogP contribution in [0.1, 0.15) is 26.3 Å². The number of carbonyl (C=O) groups excluding carboxylic acids is 1. The van der Waals surface area contributed by atoms with Crippen LogP contribution in [0.5, 0.6) is 0 Å². The molecule has 0 heterocycles. The highest BCUT2D eigenvalue weighted by Crippen LogP contribution is 2.18. The Hall–Kier alpha value is -1.56. The first kappa shape index (κ1) is 17.5. The third-order valence-corrected chi connectivity index (χ3v) is 4.51. The van der Waals surface area contributed by atoms with Gasteiger partial charge in [-0.2, -0.15) is 0 Å². The predicted octanol–water partition coefficient (Wildman–Crippen LogP) is 1.92. The first-order valence-electron chi connectivity index (χ1n) is 6.95. The Balaban J connectivity index is 2.94. The molecule has 0 bridgehead atoms. The molecule has 0 fully saturated rings. The quantitative estimate of drug-likeness (QED) is 0.872. The monoisotopic (exact) mass is 312 g/mol. The molecular formula is C15H24N2O3S. The maximum Gasteiger partial charge on any atom is 0.240 e. The second-order valence-electron chi connectivity index (χ2n) is 5.71. The van der Waals surface area contributed by atoms with Crippen LogP contribution in [0.4, 0.5) is 5.69 Å². The zero-order chi connectivity index (χ0) is 16.2. The molecule has 0 aliphatic rings. The molecule has 1 amide bonds. The van der Waals surface area contributed by atoms with Gasteiger partial charge < -0.3 is 5.32 Å². The molecule has 0 aliphatic carbocycles. The number of benzene rings is 1. The Labute approximate surface area is 127 Å². The average molecular weight is 312 g/mol. The third kappa shape index (κ3) is 5.38. The molecule has 0 unspecified atom stereocenters. The fraction of sp³-hybridized carbons (Fsp3) is 0.533. The van der Waals surface area contributed by atoms with Crippen LogP contribution in [0.15, 0.2) is 24.3 Å². The van der Waals surface area contributed by atoms with Crippen molar-refractivity contribution < 1.29 is 13.2 Å². The molecule has 0 aromatic heterocycles. The van der Waals surface area contributed by atoms with E-state index in [1.807, 2.05) is 33.8 Å². The van der Waals surface area contributed by atoms with E-state index < -0.39 is 10.0 Å². The van der Waals surface area contributed by atoms with Crippen molar-refractivity contribution >= 4 is 21.6 Å². The van der Waals surface area contributed by atoms with Crippen LogP contribution in [0, 0.1) is 12.8 Å². The average Bonchev–Trinajstić information content (AvgIpc) is 2.34. The lowest BCUT2D eigenvalue weighted by Crippen LogP contribution is -2.44. The van der Waals surface area contributed by atoms with Crippen molar-refractivity contribution in [3.8, 4) is 0 Å². The van der Waals surface area contributed by atoms with E-state index in [0.717, 1.165) is 16.1 Å². The summed E-state index contributed by atoms with van der Waals surface area (Å²) in [6, 6.07) is 7.09. The summed E-state index contributed by atoms with van der Waals surface area (Å²) in [4.78, 5) is 12.1. The number of rotatable bonds is 6. The summed E-state index contributed by atoms with van der Waals surface area (Å²) in [7, 11) is -3.51. The van der Waals surface area contributed by atoms with Crippen molar-refractivity contribution in [3.05, 3.63) is 29.8 Å². The number of nitrogens with one attached hydrogen (secondary N) is 1. The lowest BCUT2D eigenvalue weighted by molar-refractivity contribution is -0.120. The number of aryl methyl sites for hydroxylation is 1. The molecule has 21 heavy (non-hydrogen) atoms. The van der Waals surface area contributed by atoms with Crippen molar-refractivity contribution in [2.75, 3.05) is 17.1 Å². The molecule has 1 aromatic carbocycles. The van der Waals surface area contributed by atoms with Crippen LogP contribution in [-0.2, 0) is 14.8 Å². The Kier molecular flexibility index (Phi) is 5.78. The van der Waals surface area contributed by atoms with Crippen molar-refractivity contribution in [3.63, 3.8) is 0 Å². The highest BCUT2D eigenvalue weighted by atomic mass is 32.2. The van der Waals surface area contributed by atoms with Crippen molar-refractivity contribution in [1.29, 1.82) is 0 Å². The van der Waals surface area contributed by atoms with Gasteiger partial charge in [-0.25, -0.2) is 8.42 Å². The van der Waals surface area contributed by atoms with Crippen LogP contribution in [0.3, 0.4) is 0 Å². The molecule has 118 valence electrons. The molecule has 0 saturated heterocycles. The normalized spacial score (nSPS) is 13.0. The van der Waals surface area contributed by atoms with Gasteiger partial charge in [0.25, 0.3) is 0 Å². The standard InChI is InChI=1S/C15H24N2O3S/c1-11(2)13(4)16-15(18)10-17(21(5,19)20)14-8-6-7-12(3)9-14/h6-9,11,13H,10H2,1-5H3,(H,16,18)/t13-/m0/s1. The molecule has 0 aliphatic heterocycles. The predicted molar refractivity (Wildman–Crippen MR) is 85.8 cm³/mol. The van der Waals surface area contributed by atoms with Crippen molar-refractivity contribution in [2.24, 2.45) is 5.92 Å². The molecule has 1 N–H and O–H groups in total. The van der Waals surface area contributed by atoms with E-state index in [9.17, 15) is 13.2 Å². The van der Waals surface area contributed by atoms with Gasteiger partial charge in [0.05, 0.1) is 11.9 Å². The van der Waals surface area contributed by atoms with Crippen LogP contribution in [0.2, 0.25) is 0 Å². The van der Waals surface area contributed by atoms with E-state index in [0.29, 0.717) is 11.6 Å². The zero-order valence-electron chi connectivity index (χ0n) is 13.3. The van der Waals surface area contributed by atoms with Gasteiger partial charge in [0.15, 0.2) is 0 Å². The van der Waals surface area contributed by atoms with Crippen LogP contribution < -0.4 is 9.62 Å². The lowest BCUT2D eigenvalue weighted by atomic mass is 10.1. The van der Waals surface area contributed by atoms with Gasteiger partial charge in [-0.1, -0.05) is 26.0 Å². The maximum atomic E-state index is 12.1. The van der Waals surface area contributed by atoms with Gasteiger partial charge in [0.1, 0.15) is 6.54 Å².